The van der Waals surface area contributed by atoms with Gasteiger partial charge in [0.05, 0.1) is 5.54 Å². The van der Waals surface area contributed by atoms with Crippen LogP contribution >= 0.6 is 0 Å². The SMILES string of the molecule is CC(C)N(CCC(C)(NC1CC1)C(N)=O)CC1CC1. The molecule has 0 bridgehead atoms. The van der Waals surface area contributed by atoms with E-state index in [1.165, 1.54) is 32.2 Å². The normalized spacial score (nSPS) is 22.8. The molecule has 4 nitrogen and oxygen atoms in total. The van der Waals surface area contributed by atoms with E-state index in [0.29, 0.717) is 12.1 Å². The molecule has 0 spiro atoms. The van der Waals surface area contributed by atoms with Crippen LogP contribution in [-0.2, 0) is 4.79 Å². The third-order valence-corrected chi connectivity index (χ3v) is 4.46. The molecule has 2 fully saturated rings. The van der Waals surface area contributed by atoms with E-state index in [2.05, 4.69) is 24.1 Å². The highest BCUT2D eigenvalue weighted by Crippen LogP contribution is 2.31. The molecule has 2 rings (SSSR count). The van der Waals surface area contributed by atoms with E-state index in [4.69, 9.17) is 5.73 Å². The van der Waals surface area contributed by atoms with Gasteiger partial charge in [0.25, 0.3) is 0 Å². The first-order chi connectivity index (χ1) is 8.90. The van der Waals surface area contributed by atoms with Crippen molar-refractivity contribution in [3.05, 3.63) is 0 Å². The Bertz CT molecular complexity index is 323. The first kappa shape index (κ1) is 14.8. The van der Waals surface area contributed by atoms with Gasteiger partial charge in [0.2, 0.25) is 5.91 Å². The number of carbonyl (C=O) groups is 1. The van der Waals surface area contributed by atoms with Gasteiger partial charge in [-0.25, -0.2) is 0 Å². The molecule has 1 unspecified atom stereocenters. The largest absolute Gasteiger partial charge is 0.368 e. The molecule has 2 aliphatic carbocycles. The molecule has 3 N–H and O–H groups in total. The Morgan fingerprint density at radius 2 is 2.00 bits per heavy atom. The predicted molar refractivity (Wildman–Crippen MR) is 77.8 cm³/mol. The van der Waals surface area contributed by atoms with Crippen molar-refractivity contribution in [1.82, 2.24) is 10.2 Å². The molecule has 4 heteroatoms. The zero-order valence-electron chi connectivity index (χ0n) is 12.6. The van der Waals surface area contributed by atoms with Crippen molar-refractivity contribution in [2.24, 2.45) is 11.7 Å². The molecule has 0 saturated heterocycles. The summed E-state index contributed by atoms with van der Waals surface area (Å²) in [7, 11) is 0. The highest BCUT2D eigenvalue weighted by atomic mass is 16.1. The van der Waals surface area contributed by atoms with Gasteiger partial charge >= 0.3 is 0 Å². The molecule has 0 aliphatic heterocycles. The van der Waals surface area contributed by atoms with Gasteiger partial charge in [0.15, 0.2) is 0 Å². The van der Waals surface area contributed by atoms with E-state index < -0.39 is 5.54 Å². The number of primary amides is 1. The number of hydrogen-bond donors (Lipinski definition) is 2. The highest BCUT2D eigenvalue weighted by Gasteiger charge is 2.37. The lowest BCUT2D eigenvalue weighted by molar-refractivity contribution is -0.124. The molecule has 1 amide bonds. The fourth-order valence-electron chi connectivity index (χ4n) is 2.50. The predicted octanol–water partition coefficient (Wildman–Crippen LogP) is 1.49. The Morgan fingerprint density at radius 3 is 2.42 bits per heavy atom. The third-order valence-electron chi connectivity index (χ3n) is 4.46. The van der Waals surface area contributed by atoms with Gasteiger partial charge in [-0.3, -0.25) is 4.79 Å². The molecule has 0 aromatic rings. The monoisotopic (exact) mass is 267 g/mol. The molecular formula is C15H29N3O. The van der Waals surface area contributed by atoms with Gasteiger partial charge in [0.1, 0.15) is 0 Å². The molecule has 0 heterocycles. The second-order valence-electron chi connectivity index (χ2n) is 6.90. The number of carbonyl (C=O) groups excluding carboxylic acids is 1. The lowest BCUT2D eigenvalue weighted by atomic mass is 9.96. The number of nitrogens with one attached hydrogen (secondary N) is 1. The van der Waals surface area contributed by atoms with Gasteiger partial charge < -0.3 is 16.0 Å². The maximum atomic E-state index is 11.7. The molecule has 2 aliphatic rings. The molecule has 110 valence electrons. The van der Waals surface area contributed by atoms with Gasteiger partial charge in [-0.15, -0.1) is 0 Å². The van der Waals surface area contributed by atoms with Crippen molar-refractivity contribution in [3.63, 3.8) is 0 Å². The van der Waals surface area contributed by atoms with Gasteiger partial charge in [-0.1, -0.05) is 0 Å². The van der Waals surface area contributed by atoms with Crippen LogP contribution in [0.3, 0.4) is 0 Å². The molecule has 0 radical (unpaired) electrons. The summed E-state index contributed by atoms with van der Waals surface area (Å²) in [5.41, 5.74) is 5.06. The fourth-order valence-corrected chi connectivity index (χ4v) is 2.50. The molecule has 19 heavy (non-hydrogen) atoms. The summed E-state index contributed by atoms with van der Waals surface area (Å²) < 4.78 is 0. The topological polar surface area (TPSA) is 58.4 Å². The second-order valence-corrected chi connectivity index (χ2v) is 6.90. The van der Waals surface area contributed by atoms with Crippen LogP contribution in [0.25, 0.3) is 0 Å². The molecule has 2 saturated carbocycles. The minimum Gasteiger partial charge on any atom is -0.368 e. The lowest BCUT2D eigenvalue weighted by Crippen LogP contribution is -2.55. The second kappa shape index (κ2) is 5.80. The van der Waals surface area contributed by atoms with E-state index in [1.807, 2.05) is 6.92 Å². The van der Waals surface area contributed by atoms with E-state index in [9.17, 15) is 4.79 Å². The summed E-state index contributed by atoms with van der Waals surface area (Å²) in [6, 6.07) is 1.05. The average Bonchev–Trinajstić information content (AvgIpc) is 3.18. The summed E-state index contributed by atoms with van der Waals surface area (Å²) in [5, 5.41) is 3.43. The quantitative estimate of drug-likeness (QED) is 0.665. The lowest BCUT2D eigenvalue weighted by Gasteiger charge is -2.33. The summed E-state index contributed by atoms with van der Waals surface area (Å²) in [6.07, 6.45) is 5.91. The molecule has 1 atom stereocenters. The third kappa shape index (κ3) is 4.46. The number of nitrogens with zero attached hydrogens (tertiary/aromatic N) is 1. The maximum absolute atomic E-state index is 11.7. The van der Waals surface area contributed by atoms with Crippen molar-refractivity contribution >= 4 is 5.91 Å². The number of nitrogens with two attached hydrogens (primary N) is 1. The highest BCUT2D eigenvalue weighted by molar-refractivity contribution is 5.84. The van der Waals surface area contributed by atoms with E-state index in [-0.39, 0.29) is 5.91 Å². The first-order valence-electron chi connectivity index (χ1n) is 7.72. The molecule has 0 aromatic heterocycles. The summed E-state index contributed by atoms with van der Waals surface area (Å²) in [4.78, 5) is 14.2. The summed E-state index contributed by atoms with van der Waals surface area (Å²) in [6.45, 7) is 8.56. The molecular weight excluding hydrogens is 238 g/mol. The maximum Gasteiger partial charge on any atom is 0.237 e. The zero-order chi connectivity index (χ0) is 14.0. The van der Waals surface area contributed by atoms with Gasteiger partial charge in [0, 0.05) is 25.2 Å². The number of rotatable bonds is 9. The molecule has 0 aromatic carbocycles. The fraction of sp³-hybridized carbons (Fsp3) is 0.933. The Hall–Kier alpha value is -0.610. The minimum absolute atomic E-state index is 0.213. The van der Waals surface area contributed by atoms with Crippen molar-refractivity contribution in [2.45, 2.75) is 70.5 Å². The summed E-state index contributed by atoms with van der Waals surface area (Å²) in [5.74, 6) is 0.674. The average molecular weight is 267 g/mol. The first-order valence-corrected chi connectivity index (χ1v) is 7.72. The van der Waals surface area contributed by atoms with Gasteiger partial charge in [-0.2, -0.15) is 0 Å². The van der Waals surface area contributed by atoms with Crippen molar-refractivity contribution in [2.75, 3.05) is 13.1 Å². The Balaban J connectivity index is 1.85. The van der Waals surface area contributed by atoms with E-state index >= 15 is 0 Å². The van der Waals surface area contributed by atoms with Crippen molar-refractivity contribution in [3.8, 4) is 0 Å². The van der Waals surface area contributed by atoms with Crippen LogP contribution in [0, 0.1) is 5.92 Å². The van der Waals surface area contributed by atoms with Crippen molar-refractivity contribution < 1.29 is 4.79 Å². The number of amides is 1. The van der Waals surface area contributed by atoms with Gasteiger partial charge in [-0.05, 0) is 58.8 Å². The Kier molecular flexibility index (Phi) is 4.51. The smallest absolute Gasteiger partial charge is 0.237 e. The van der Waals surface area contributed by atoms with E-state index in [0.717, 1.165) is 18.9 Å². The van der Waals surface area contributed by atoms with Crippen LogP contribution in [0.15, 0.2) is 0 Å². The summed E-state index contributed by atoms with van der Waals surface area (Å²) >= 11 is 0. The van der Waals surface area contributed by atoms with Crippen LogP contribution < -0.4 is 11.1 Å². The number of hydrogen-bond acceptors (Lipinski definition) is 3. The minimum atomic E-state index is -0.544. The van der Waals surface area contributed by atoms with Crippen LogP contribution in [0.2, 0.25) is 0 Å². The Labute approximate surface area is 117 Å². The van der Waals surface area contributed by atoms with Crippen LogP contribution in [0.5, 0.6) is 0 Å². The standard InChI is InChI=1S/C15H29N3O/c1-11(2)18(10-12-4-5-12)9-8-15(3,14(16)19)17-13-6-7-13/h11-13,17H,4-10H2,1-3H3,(H2,16,19). The van der Waals surface area contributed by atoms with E-state index in [1.54, 1.807) is 0 Å². The van der Waals surface area contributed by atoms with Crippen LogP contribution in [-0.4, -0.2) is 41.5 Å². The van der Waals surface area contributed by atoms with Crippen LogP contribution in [0.1, 0.15) is 52.9 Å². The zero-order valence-corrected chi connectivity index (χ0v) is 12.6. The Morgan fingerprint density at radius 1 is 1.37 bits per heavy atom. The van der Waals surface area contributed by atoms with Crippen LogP contribution in [0.4, 0.5) is 0 Å². The van der Waals surface area contributed by atoms with Crippen molar-refractivity contribution in [1.29, 1.82) is 0 Å².